The number of carbonyl (C=O) groups is 1. The summed E-state index contributed by atoms with van der Waals surface area (Å²) in [5.41, 5.74) is 2.39. The van der Waals surface area contributed by atoms with Crippen LogP contribution in [-0.4, -0.2) is 20.9 Å². The maximum absolute atomic E-state index is 13.9. The molecule has 0 saturated heterocycles. The lowest BCUT2D eigenvalue weighted by molar-refractivity contribution is -0.114. The molecule has 1 N–H and O–H groups in total. The number of hydrogen-bond donors (Lipinski definition) is 1. The third kappa shape index (κ3) is 3.47. The number of amides is 1. The van der Waals surface area contributed by atoms with Crippen LogP contribution in [0.15, 0.2) is 65.6 Å². The van der Waals surface area contributed by atoms with Crippen LogP contribution in [0.2, 0.25) is 5.02 Å². The Balaban J connectivity index is 1.72. The summed E-state index contributed by atoms with van der Waals surface area (Å²) in [7, 11) is -3.99. The van der Waals surface area contributed by atoms with Crippen molar-refractivity contribution in [3.63, 3.8) is 0 Å². The lowest BCUT2D eigenvalue weighted by Gasteiger charge is -2.31. The molecule has 0 aliphatic carbocycles. The summed E-state index contributed by atoms with van der Waals surface area (Å²) in [5.74, 6) is -1.03. The molecule has 4 rings (SSSR count). The van der Waals surface area contributed by atoms with Gasteiger partial charge >= 0.3 is 0 Å². The molecule has 1 amide bonds. The summed E-state index contributed by atoms with van der Waals surface area (Å²) in [6.45, 7) is 1.38. The summed E-state index contributed by atoms with van der Waals surface area (Å²) >= 11 is 6.08. The molecular formula is C21H16ClFN2O3S. The van der Waals surface area contributed by atoms with Gasteiger partial charge < -0.3 is 5.32 Å². The van der Waals surface area contributed by atoms with E-state index >= 15 is 0 Å². The third-order valence-electron chi connectivity index (χ3n) is 4.72. The molecule has 0 bridgehead atoms. The molecule has 5 nitrogen and oxygen atoms in total. The van der Waals surface area contributed by atoms with Gasteiger partial charge in [0.05, 0.1) is 10.6 Å². The average molecular weight is 431 g/mol. The zero-order valence-corrected chi connectivity index (χ0v) is 16.9. The number of benzene rings is 3. The Bertz CT molecular complexity index is 1240. The molecule has 0 fully saturated rings. The van der Waals surface area contributed by atoms with E-state index in [9.17, 15) is 17.6 Å². The minimum absolute atomic E-state index is 0.0317. The lowest BCUT2D eigenvalue weighted by Crippen LogP contribution is -2.40. The van der Waals surface area contributed by atoms with Gasteiger partial charge in [0.2, 0.25) is 5.91 Å². The number of sulfonamides is 1. The Labute approximate surface area is 172 Å². The summed E-state index contributed by atoms with van der Waals surface area (Å²) in [6, 6.07) is 15.2. The normalized spacial score (nSPS) is 14.1. The second-order valence-electron chi connectivity index (χ2n) is 6.68. The first-order valence-electron chi connectivity index (χ1n) is 8.75. The van der Waals surface area contributed by atoms with Crippen molar-refractivity contribution in [1.82, 2.24) is 0 Å². The summed E-state index contributed by atoms with van der Waals surface area (Å²) in [4.78, 5) is 12.7. The van der Waals surface area contributed by atoms with Crippen molar-refractivity contribution in [2.45, 2.75) is 11.8 Å². The number of anilines is 2. The molecule has 1 heterocycles. The van der Waals surface area contributed by atoms with E-state index in [1.807, 2.05) is 6.92 Å². The molecule has 3 aromatic carbocycles. The van der Waals surface area contributed by atoms with E-state index in [1.54, 1.807) is 36.4 Å². The SMILES string of the molecule is Cc1ccc(NC(=O)CN2c3ccc(F)cc3-c3ccccc3S2(=O)=O)cc1Cl. The van der Waals surface area contributed by atoms with E-state index in [4.69, 9.17) is 11.6 Å². The first kappa shape index (κ1) is 19.4. The quantitative estimate of drug-likeness (QED) is 0.660. The molecule has 0 aromatic heterocycles. The second-order valence-corrected chi connectivity index (χ2v) is 8.92. The molecule has 1 aliphatic heterocycles. The van der Waals surface area contributed by atoms with Gasteiger partial charge in [0.15, 0.2) is 0 Å². The van der Waals surface area contributed by atoms with E-state index in [0.717, 1.165) is 9.87 Å². The van der Waals surface area contributed by atoms with Gasteiger partial charge in [0, 0.05) is 21.8 Å². The van der Waals surface area contributed by atoms with E-state index in [-0.39, 0.29) is 10.6 Å². The Hall–Kier alpha value is -2.90. The Morgan fingerprint density at radius 3 is 2.59 bits per heavy atom. The molecule has 0 saturated carbocycles. The fourth-order valence-corrected chi connectivity index (χ4v) is 5.11. The number of hydrogen-bond acceptors (Lipinski definition) is 3. The van der Waals surface area contributed by atoms with Crippen molar-refractivity contribution < 1.29 is 17.6 Å². The topological polar surface area (TPSA) is 66.5 Å². The summed E-state index contributed by atoms with van der Waals surface area (Å²) in [6.07, 6.45) is 0. The predicted molar refractivity (Wildman–Crippen MR) is 111 cm³/mol. The number of aryl methyl sites for hydroxylation is 1. The Kier molecular flexibility index (Phi) is 4.80. The highest BCUT2D eigenvalue weighted by molar-refractivity contribution is 7.93. The monoisotopic (exact) mass is 430 g/mol. The van der Waals surface area contributed by atoms with Crippen molar-refractivity contribution in [3.05, 3.63) is 77.1 Å². The number of nitrogens with one attached hydrogen (secondary N) is 1. The highest BCUT2D eigenvalue weighted by Crippen LogP contribution is 2.43. The van der Waals surface area contributed by atoms with Crippen LogP contribution >= 0.6 is 11.6 Å². The average Bonchev–Trinajstić information content (AvgIpc) is 2.68. The fraction of sp³-hybridized carbons (Fsp3) is 0.0952. The van der Waals surface area contributed by atoms with Crippen LogP contribution in [0.3, 0.4) is 0 Å². The molecule has 148 valence electrons. The summed E-state index contributed by atoms with van der Waals surface area (Å²) < 4.78 is 41.2. The molecule has 29 heavy (non-hydrogen) atoms. The first-order chi connectivity index (χ1) is 13.8. The smallest absolute Gasteiger partial charge is 0.265 e. The van der Waals surface area contributed by atoms with Crippen LogP contribution in [0.1, 0.15) is 5.56 Å². The van der Waals surface area contributed by atoms with Crippen LogP contribution in [-0.2, 0) is 14.8 Å². The molecule has 0 radical (unpaired) electrons. The highest BCUT2D eigenvalue weighted by Gasteiger charge is 2.36. The molecule has 3 aromatic rings. The first-order valence-corrected chi connectivity index (χ1v) is 10.6. The zero-order chi connectivity index (χ0) is 20.8. The number of halogens is 2. The van der Waals surface area contributed by atoms with Crippen LogP contribution in [0.4, 0.5) is 15.8 Å². The molecular weight excluding hydrogens is 415 g/mol. The van der Waals surface area contributed by atoms with Crippen LogP contribution in [0.25, 0.3) is 11.1 Å². The van der Waals surface area contributed by atoms with E-state index in [1.165, 1.54) is 24.3 Å². The van der Waals surface area contributed by atoms with Crippen molar-refractivity contribution in [2.24, 2.45) is 0 Å². The molecule has 0 spiro atoms. The Morgan fingerprint density at radius 1 is 1.07 bits per heavy atom. The van der Waals surface area contributed by atoms with Gasteiger partial charge in [-0.15, -0.1) is 0 Å². The van der Waals surface area contributed by atoms with Gasteiger partial charge in [-0.25, -0.2) is 12.8 Å². The van der Waals surface area contributed by atoms with Crippen molar-refractivity contribution in [3.8, 4) is 11.1 Å². The fourth-order valence-electron chi connectivity index (χ4n) is 3.28. The molecule has 0 unspecified atom stereocenters. The van der Waals surface area contributed by atoms with E-state index in [0.29, 0.717) is 21.8 Å². The van der Waals surface area contributed by atoms with Gasteiger partial charge in [-0.3, -0.25) is 9.10 Å². The Morgan fingerprint density at radius 2 is 1.83 bits per heavy atom. The molecule has 8 heteroatoms. The van der Waals surface area contributed by atoms with Crippen LogP contribution < -0.4 is 9.62 Å². The third-order valence-corrected chi connectivity index (χ3v) is 6.94. The van der Waals surface area contributed by atoms with Gasteiger partial charge in [0.1, 0.15) is 12.4 Å². The second kappa shape index (κ2) is 7.17. The number of fused-ring (bicyclic) bond motifs is 3. The van der Waals surface area contributed by atoms with Crippen molar-refractivity contribution >= 4 is 38.9 Å². The maximum atomic E-state index is 13.9. The van der Waals surface area contributed by atoms with Gasteiger partial charge in [0.25, 0.3) is 10.0 Å². The van der Waals surface area contributed by atoms with E-state index < -0.39 is 28.3 Å². The highest BCUT2D eigenvalue weighted by atomic mass is 35.5. The minimum atomic E-state index is -3.99. The molecule has 1 aliphatic rings. The van der Waals surface area contributed by atoms with E-state index in [2.05, 4.69) is 5.32 Å². The van der Waals surface area contributed by atoms with Crippen molar-refractivity contribution in [1.29, 1.82) is 0 Å². The van der Waals surface area contributed by atoms with Crippen LogP contribution in [0, 0.1) is 12.7 Å². The number of carbonyl (C=O) groups excluding carboxylic acids is 1. The number of nitrogens with zero attached hydrogens (tertiary/aromatic N) is 1. The van der Waals surface area contributed by atoms with Gasteiger partial charge in [-0.05, 0) is 48.9 Å². The standard InChI is InChI=1S/C21H16ClFN2O3S/c1-13-6-8-15(11-18(13)22)24-21(26)12-25-19-9-7-14(23)10-17(19)16-4-2-3-5-20(16)29(25,27)28/h2-11H,12H2,1H3,(H,24,26). The largest absolute Gasteiger partial charge is 0.324 e. The van der Waals surface area contributed by atoms with Crippen molar-refractivity contribution in [2.75, 3.05) is 16.2 Å². The van der Waals surface area contributed by atoms with Crippen LogP contribution in [0.5, 0.6) is 0 Å². The predicted octanol–water partition coefficient (Wildman–Crippen LogP) is 4.60. The van der Waals surface area contributed by atoms with Gasteiger partial charge in [-0.2, -0.15) is 0 Å². The molecule has 0 atom stereocenters. The summed E-state index contributed by atoms with van der Waals surface area (Å²) in [5, 5.41) is 3.15. The zero-order valence-electron chi connectivity index (χ0n) is 15.3. The number of rotatable bonds is 3. The maximum Gasteiger partial charge on any atom is 0.265 e. The van der Waals surface area contributed by atoms with Gasteiger partial charge in [-0.1, -0.05) is 35.9 Å². The lowest BCUT2D eigenvalue weighted by atomic mass is 10.0. The minimum Gasteiger partial charge on any atom is -0.324 e.